The summed E-state index contributed by atoms with van der Waals surface area (Å²) in [7, 11) is 1.88. The molecule has 0 spiro atoms. The van der Waals surface area contributed by atoms with Crippen molar-refractivity contribution in [3.63, 3.8) is 0 Å². The second-order valence-electron chi connectivity index (χ2n) is 4.62. The first-order chi connectivity index (χ1) is 8.85. The zero-order valence-corrected chi connectivity index (χ0v) is 10.5. The fourth-order valence-electron chi connectivity index (χ4n) is 2.44. The van der Waals surface area contributed by atoms with Crippen LogP contribution < -0.4 is 10.6 Å². The lowest BCUT2D eigenvalue weighted by atomic mass is 10.1. The van der Waals surface area contributed by atoms with Crippen LogP contribution in [0.2, 0.25) is 0 Å². The second kappa shape index (κ2) is 4.69. The number of fused-ring (bicyclic) bond motifs is 1. The number of nitrogens with zero attached hydrogens (tertiary/aromatic N) is 1. The minimum Gasteiger partial charge on any atom is -0.373 e. The van der Waals surface area contributed by atoms with E-state index >= 15 is 0 Å². The van der Waals surface area contributed by atoms with Gasteiger partial charge < -0.3 is 10.6 Å². The molecule has 3 rings (SSSR count). The smallest absolute Gasteiger partial charge is 0.132 e. The summed E-state index contributed by atoms with van der Waals surface area (Å²) in [4.78, 5) is 4.46. The summed E-state index contributed by atoms with van der Waals surface area (Å²) in [5.74, 6) is 1.75. The third-order valence-electron chi connectivity index (χ3n) is 3.38. The molecule has 2 N–H and O–H groups in total. The minimum atomic E-state index is 0.875. The Bertz CT molecular complexity index is 563. The highest BCUT2D eigenvalue weighted by atomic mass is 15.0. The lowest BCUT2D eigenvalue weighted by Gasteiger charge is -2.09. The molecule has 0 saturated heterocycles. The summed E-state index contributed by atoms with van der Waals surface area (Å²) in [6, 6.07) is 12.5. The van der Waals surface area contributed by atoms with Gasteiger partial charge in [0, 0.05) is 12.7 Å². The average molecular weight is 239 g/mol. The number of hydrogen-bond donors (Lipinski definition) is 2. The number of anilines is 3. The highest BCUT2D eigenvalue weighted by Gasteiger charge is 2.10. The monoisotopic (exact) mass is 239 g/mol. The van der Waals surface area contributed by atoms with E-state index in [-0.39, 0.29) is 0 Å². The minimum absolute atomic E-state index is 0.875. The molecule has 0 saturated carbocycles. The van der Waals surface area contributed by atoms with Crippen molar-refractivity contribution in [1.29, 1.82) is 0 Å². The Kier molecular flexibility index (Phi) is 2.89. The largest absolute Gasteiger partial charge is 0.373 e. The normalized spacial score (nSPS) is 13.2. The molecule has 0 atom stereocenters. The molecule has 1 aromatic heterocycles. The van der Waals surface area contributed by atoms with E-state index in [0.29, 0.717) is 0 Å². The van der Waals surface area contributed by atoms with Crippen molar-refractivity contribution in [1.82, 2.24) is 4.98 Å². The Morgan fingerprint density at radius 1 is 1.00 bits per heavy atom. The maximum Gasteiger partial charge on any atom is 0.132 e. The van der Waals surface area contributed by atoms with Crippen LogP contribution in [0, 0.1) is 0 Å². The van der Waals surface area contributed by atoms with Crippen LogP contribution in [0.3, 0.4) is 0 Å². The van der Waals surface area contributed by atoms with Gasteiger partial charge in [0.15, 0.2) is 0 Å². The Hall–Kier alpha value is -2.03. The van der Waals surface area contributed by atoms with Gasteiger partial charge in [-0.1, -0.05) is 12.1 Å². The van der Waals surface area contributed by atoms with Crippen molar-refractivity contribution < 1.29 is 0 Å². The summed E-state index contributed by atoms with van der Waals surface area (Å²) in [5.41, 5.74) is 4.10. The Labute approximate surface area is 107 Å². The molecule has 18 heavy (non-hydrogen) atoms. The molecule has 0 fully saturated rings. The van der Waals surface area contributed by atoms with Gasteiger partial charge in [-0.2, -0.15) is 0 Å². The van der Waals surface area contributed by atoms with Gasteiger partial charge in [0.05, 0.1) is 0 Å². The maximum atomic E-state index is 4.46. The van der Waals surface area contributed by atoms with E-state index in [9.17, 15) is 0 Å². The summed E-state index contributed by atoms with van der Waals surface area (Å²) in [6.45, 7) is 0. The molecular formula is C15H17N3. The number of aromatic nitrogens is 1. The average Bonchev–Trinajstić information content (AvgIpc) is 2.86. The molecule has 3 nitrogen and oxygen atoms in total. The molecule has 1 aliphatic carbocycles. The fraction of sp³-hybridized carbons (Fsp3) is 0.267. The number of pyridine rings is 1. The van der Waals surface area contributed by atoms with Gasteiger partial charge in [-0.3, -0.25) is 0 Å². The van der Waals surface area contributed by atoms with Crippen molar-refractivity contribution in [2.45, 2.75) is 19.3 Å². The highest BCUT2D eigenvalue weighted by molar-refractivity contribution is 5.60. The number of hydrogen-bond acceptors (Lipinski definition) is 3. The summed E-state index contributed by atoms with van der Waals surface area (Å²) >= 11 is 0. The Morgan fingerprint density at radius 2 is 1.83 bits per heavy atom. The molecule has 2 aromatic rings. The molecule has 0 bridgehead atoms. The topological polar surface area (TPSA) is 37.0 Å². The number of nitrogens with one attached hydrogen (secondary N) is 2. The molecule has 0 amide bonds. The molecule has 1 aliphatic rings. The number of aryl methyl sites for hydroxylation is 2. The molecule has 0 radical (unpaired) electrons. The fourth-order valence-corrected chi connectivity index (χ4v) is 2.44. The predicted molar refractivity (Wildman–Crippen MR) is 75.5 cm³/mol. The van der Waals surface area contributed by atoms with Crippen molar-refractivity contribution in [3.8, 4) is 0 Å². The van der Waals surface area contributed by atoms with E-state index in [1.54, 1.807) is 0 Å². The zero-order valence-electron chi connectivity index (χ0n) is 10.5. The molecule has 92 valence electrons. The maximum absolute atomic E-state index is 4.46. The van der Waals surface area contributed by atoms with E-state index in [2.05, 4.69) is 33.8 Å². The van der Waals surface area contributed by atoms with Gasteiger partial charge in [0.2, 0.25) is 0 Å². The van der Waals surface area contributed by atoms with Gasteiger partial charge in [0.1, 0.15) is 11.6 Å². The van der Waals surface area contributed by atoms with Crippen LogP contribution in [0.5, 0.6) is 0 Å². The van der Waals surface area contributed by atoms with E-state index in [4.69, 9.17) is 0 Å². The Balaban J connectivity index is 1.83. The van der Waals surface area contributed by atoms with Crippen LogP contribution >= 0.6 is 0 Å². The lowest BCUT2D eigenvalue weighted by Crippen LogP contribution is -1.98. The lowest BCUT2D eigenvalue weighted by molar-refractivity contribution is 0.912. The third kappa shape index (κ3) is 2.16. The first-order valence-corrected chi connectivity index (χ1v) is 6.39. The van der Waals surface area contributed by atoms with E-state index in [0.717, 1.165) is 17.3 Å². The molecule has 0 aliphatic heterocycles. The van der Waals surface area contributed by atoms with Gasteiger partial charge >= 0.3 is 0 Å². The van der Waals surface area contributed by atoms with Crippen LogP contribution in [0.15, 0.2) is 36.4 Å². The van der Waals surface area contributed by atoms with Crippen LogP contribution in [0.4, 0.5) is 17.3 Å². The summed E-state index contributed by atoms with van der Waals surface area (Å²) in [6.07, 6.45) is 3.71. The van der Waals surface area contributed by atoms with E-state index < -0.39 is 0 Å². The van der Waals surface area contributed by atoms with Crippen LogP contribution in [-0.4, -0.2) is 12.0 Å². The molecule has 0 unspecified atom stereocenters. The predicted octanol–water partition coefficient (Wildman–Crippen LogP) is 3.36. The molecular weight excluding hydrogens is 222 g/mol. The van der Waals surface area contributed by atoms with Crippen molar-refractivity contribution in [2.24, 2.45) is 0 Å². The standard InChI is InChI=1S/C15H17N3/c1-16-14-6-3-7-15(18-14)17-13-9-8-11-4-2-5-12(11)10-13/h3,6-10H,2,4-5H2,1H3,(H2,16,17,18). The van der Waals surface area contributed by atoms with Crippen LogP contribution in [-0.2, 0) is 12.8 Å². The number of rotatable bonds is 3. The van der Waals surface area contributed by atoms with Crippen LogP contribution in [0.25, 0.3) is 0 Å². The van der Waals surface area contributed by atoms with E-state index in [1.165, 1.54) is 30.4 Å². The quantitative estimate of drug-likeness (QED) is 0.862. The SMILES string of the molecule is CNc1cccc(Nc2ccc3c(c2)CCC3)n1. The first kappa shape index (κ1) is 11.1. The molecule has 1 heterocycles. The Morgan fingerprint density at radius 3 is 2.72 bits per heavy atom. The van der Waals surface area contributed by atoms with Crippen molar-refractivity contribution in [3.05, 3.63) is 47.5 Å². The number of benzene rings is 1. The molecule has 3 heteroatoms. The zero-order chi connectivity index (χ0) is 12.4. The van der Waals surface area contributed by atoms with Gasteiger partial charge in [0.25, 0.3) is 0 Å². The summed E-state index contributed by atoms with van der Waals surface area (Å²) < 4.78 is 0. The van der Waals surface area contributed by atoms with Gasteiger partial charge in [-0.15, -0.1) is 0 Å². The van der Waals surface area contributed by atoms with Gasteiger partial charge in [-0.05, 0) is 54.7 Å². The molecule has 1 aromatic carbocycles. The van der Waals surface area contributed by atoms with E-state index in [1.807, 2.05) is 25.2 Å². The highest BCUT2D eigenvalue weighted by Crippen LogP contribution is 2.26. The first-order valence-electron chi connectivity index (χ1n) is 6.39. The van der Waals surface area contributed by atoms with Gasteiger partial charge in [-0.25, -0.2) is 4.98 Å². The van der Waals surface area contributed by atoms with Crippen LogP contribution in [0.1, 0.15) is 17.5 Å². The summed E-state index contributed by atoms with van der Waals surface area (Å²) in [5, 5.41) is 6.40. The van der Waals surface area contributed by atoms with Crippen molar-refractivity contribution in [2.75, 3.05) is 17.7 Å². The van der Waals surface area contributed by atoms with Crippen molar-refractivity contribution >= 4 is 17.3 Å². The third-order valence-corrected chi connectivity index (χ3v) is 3.38. The second-order valence-corrected chi connectivity index (χ2v) is 4.62.